The quantitative estimate of drug-likeness (QED) is 0.840. The summed E-state index contributed by atoms with van der Waals surface area (Å²) in [6, 6.07) is 11.9. The van der Waals surface area contributed by atoms with E-state index in [0.29, 0.717) is 0 Å². The Kier molecular flexibility index (Phi) is 4.32. The first-order chi connectivity index (χ1) is 9.92. The smallest absolute Gasteiger partial charge is 0.228 e. The number of hydrogen-bond donors (Lipinski definition) is 0. The SMILES string of the molecule is COc1ccc(N(C(C)=O)c2cc(C)cc(C)c2)c(C)c1. The predicted octanol–water partition coefficient (Wildman–Crippen LogP) is 4.31. The maximum atomic E-state index is 12.2. The van der Waals surface area contributed by atoms with Gasteiger partial charge in [-0.3, -0.25) is 9.69 Å². The molecular formula is C18H21NO2. The van der Waals surface area contributed by atoms with Gasteiger partial charge >= 0.3 is 0 Å². The molecule has 0 radical (unpaired) electrons. The number of nitrogens with zero attached hydrogens (tertiary/aromatic N) is 1. The van der Waals surface area contributed by atoms with Crippen LogP contribution in [0.2, 0.25) is 0 Å². The van der Waals surface area contributed by atoms with E-state index in [9.17, 15) is 4.79 Å². The number of methoxy groups -OCH3 is 1. The van der Waals surface area contributed by atoms with E-state index in [1.165, 1.54) is 0 Å². The van der Waals surface area contributed by atoms with Gasteiger partial charge < -0.3 is 4.74 Å². The van der Waals surface area contributed by atoms with E-state index in [4.69, 9.17) is 4.74 Å². The lowest BCUT2D eigenvalue weighted by Crippen LogP contribution is -2.23. The lowest BCUT2D eigenvalue weighted by atomic mass is 10.1. The van der Waals surface area contributed by atoms with Gasteiger partial charge in [-0.2, -0.15) is 0 Å². The first kappa shape index (κ1) is 15.1. The van der Waals surface area contributed by atoms with Crippen LogP contribution in [0.15, 0.2) is 36.4 Å². The molecule has 3 nitrogen and oxygen atoms in total. The molecule has 0 spiro atoms. The van der Waals surface area contributed by atoms with Crippen molar-refractivity contribution in [2.75, 3.05) is 12.0 Å². The third kappa shape index (κ3) is 3.24. The third-order valence-electron chi connectivity index (χ3n) is 3.42. The van der Waals surface area contributed by atoms with Gasteiger partial charge in [0.1, 0.15) is 5.75 Å². The molecule has 0 bridgehead atoms. The molecule has 0 atom stereocenters. The van der Waals surface area contributed by atoms with Crippen LogP contribution in [0.4, 0.5) is 11.4 Å². The Bertz CT molecular complexity index is 657. The number of anilines is 2. The van der Waals surface area contributed by atoms with Crippen molar-refractivity contribution < 1.29 is 9.53 Å². The standard InChI is InChI=1S/C18H21NO2/c1-12-8-13(2)10-16(9-12)19(15(4)20)18-7-6-17(21-5)11-14(18)3/h6-11H,1-5H3. The van der Waals surface area contributed by atoms with Gasteiger partial charge in [-0.15, -0.1) is 0 Å². The molecular weight excluding hydrogens is 262 g/mol. The van der Waals surface area contributed by atoms with E-state index in [1.54, 1.807) is 18.9 Å². The van der Waals surface area contributed by atoms with E-state index in [-0.39, 0.29) is 5.91 Å². The summed E-state index contributed by atoms with van der Waals surface area (Å²) in [5.74, 6) is 0.786. The molecule has 0 aromatic heterocycles. The van der Waals surface area contributed by atoms with Crippen LogP contribution in [-0.2, 0) is 4.79 Å². The fraction of sp³-hybridized carbons (Fsp3) is 0.278. The molecule has 0 aliphatic heterocycles. The van der Waals surface area contributed by atoms with Crippen molar-refractivity contribution in [2.24, 2.45) is 0 Å². The van der Waals surface area contributed by atoms with Gasteiger partial charge in [0.15, 0.2) is 0 Å². The summed E-state index contributed by atoms with van der Waals surface area (Å²) in [6.45, 7) is 7.64. The minimum absolute atomic E-state index is 0.00623. The number of rotatable bonds is 3. The summed E-state index contributed by atoms with van der Waals surface area (Å²) in [5.41, 5.74) is 5.06. The molecule has 2 aromatic rings. The van der Waals surface area contributed by atoms with Gasteiger partial charge in [0.25, 0.3) is 0 Å². The number of carbonyl (C=O) groups excluding carboxylic acids is 1. The number of ether oxygens (including phenoxy) is 1. The molecule has 0 unspecified atom stereocenters. The lowest BCUT2D eigenvalue weighted by molar-refractivity contribution is -0.115. The molecule has 0 saturated heterocycles. The minimum atomic E-state index is -0.00623. The highest BCUT2D eigenvalue weighted by Gasteiger charge is 2.17. The average Bonchev–Trinajstić information content (AvgIpc) is 2.39. The summed E-state index contributed by atoms with van der Waals surface area (Å²) in [7, 11) is 1.64. The molecule has 0 heterocycles. The van der Waals surface area contributed by atoms with Crippen molar-refractivity contribution in [1.29, 1.82) is 0 Å². The fourth-order valence-corrected chi connectivity index (χ4v) is 2.58. The highest BCUT2D eigenvalue weighted by molar-refractivity contribution is 6.00. The van der Waals surface area contributed by atoms with Crippen molar-refractivity contribution >= 4 is 17.3 Å². The highest BCUT2D eigenvalue weighted by atomic mass is 16.5. The molecule has 2 aromatic carbocycles. The van der Waals surface area contributed by atoms with Crippen LogP contribution in [0.25, 0.3) is 0 Å². The minimum Gasteiger partial charge on any atom is -0.497 e. The maximum absolute atomic E-state index is 12.2. The van der Waals surface area contributed by atoms with Gasteiger partial charge in [0.2, 0.25) is 5.91 Å². The van der Waals surface area contributed by atoms with Crippen molar-refractivity contribution in [3.63, 3.8) is 0 Å². The summed E-state index contributed by atoms with van der Waals surface area (Å²) >= 11 is 0. The fourth-order valence-electron chi connectivity index (χ4n) is 2.58. The first-order valence-corrected chi connectivity index (χ1v) is 6.96. The monoisotopic (exact) mass is 283 g/mol. The predicted molar refractivity (Wildman–Crippen MR) is 86.5 cm³/mol. The molecule has 0 fully saturated rings. The zero-order valence-corrected chi connectivity index (χ0v) is 13.2. The molecule has 2 rings (SSSR count). The second-order valence-corrected chi connectivity index (χ2v) is 5.35. The summed E-state index contributed by atoms with van der Waals surface area (Å²) < 4.78 is 5.23. The Labute approximate surface area is 126 Å². The molecule has 0 aliphatic rings. The van der Waals surface area contributed by atoms with Crippen LogP contribution in [0.5, 0.6) is 5.75 Å². The number of carbonyl (C=O) groups is 1. The number of aryl methyl sites for hydroxylation is 3. The normalized spacial score (nSPS) is 10.3. The van der Waals surface area contributed by atoms with E-state index in [0.717, 1.165) is 33.8 Å². The number of hydrogen-bond acceptors (Lipinski definition) is 2. The average molecular weight is 283 g/mol. The van der Waals surface area contributed by atoms with E-state index in [1.807, 2.05) is 51.1 Å². The number of amides is 1. The zero-order chi connectivity index (χ0) is 15.6. The van der Waals surface area contributed by atoms with Crippen LogP contribution < -0.4 is 9.64 Å². The van der Waals surface area contributed by atoms with E-state index < -0.39 is 0 Å². The molecule has 0 N–H and O–H groups in total. The van der Waals surface area contributed by atoms with Crippen LogP contribution in [0, 0.1) is 20.8 Å². The summed E-state index contributed by atoms with van der Waals surface area (Å²) in [6.07, 6.45) is 0. The Morgan fingerprint density at radius 2 is 1.62 bits per heavy atom. The Morgan fingerprint density at radius 3 is 2.10 bits per heavy atom. The summed E-state index contributed by atoms with van der Waals surface area (Å²) in [4.78, 5) is 13.9. The Hall–Kier alpha value is -2.29. The van der Waals surface area contributed by atoms with Crippen LogP contribution in [0.1, 0.15) is 23.6 Å². The van der Waals surface area contributed by atoms with Crippen LogP contribution in [-0.4, -0.2) is 13.0 Å². The maximum Gasteiger partial charge on any atom is 0.228 e. The van der Waals surface area contributed by atoms with Crippen LogP contribution in [0.3, 0.4) is 0 Å². The Morgan fingerprint density at radius 1 is 1.00 bits per heavy atom. The van der Waals surface area contributed by atoms with Gasteiger partial charge in [-0.05, 0) is 67.8 Å². The molecule has 110 valence electrons. The lowest BCUT2D eigenvalue weighted by Gasteiger charge is -2.24. The molecule has 0 aliphatic carbocycles. The highest BCUT2D eigenvalue weighted by Crippen LogP contribution is 2.32. The Balaban J connectivity index is 2.56. The molecule has 3 heteroatoms. The van der Waals surface area contributed by atoms with E-state index >= 15 is 0 Å². The van der Waals surface area contributed by atoms with Crippen molar-refractivity contribution in [3.05, 3.63) is 53.1 Å². The van der Waals surface area contributed by atoms with Gasteiger partial charge in [0.05, 0.1) is 12.8 Å². The van der Waals surface area contributed by atoms with Crippen molar-refractivity contribution in [3.8, 4) is 5.75 Å². The molecule has 0 saturated carbocycles. The molecule has 1 amide bonds. The topological polar surface area (TPSA) is 29.5 Å². The summed E-state index contributed by atoms with van der Waals surface area (Å²) in [5, 5.41) is 0. The van der Waals surface area contributed by atoms with Crippen molar-refractivity contribution in [1.82, 2.24) is 0 Å². The first-order valence-electron chi connectivity index (χ1n) is 6.96. The number of benzene rings is 2. The van der Waals surface area contributed by atoms with Gasteiger partial charge in [-0.1, -0.05) is 6.07 Å². The van der Waals surface area contributed by atoms with Gasteiger partial charge in [-0.25, -0.2) is 0 Å². The van der Waals surface area contributed by atoms with E-state index in [2.05, 4.69) is 6.07 Å². The van der Waals surface area contributed by atoms with Crippen molar-refractivity contribution in [2.45, 2.75) is 27.7 Å². The van der Waals surface area contributed by atoms with Crippen LogP contribution >= 0.6 is 0 Å². The van der Waals surface area contributed by atoms with Gasteiger partial charge in [0, 0.05) is 12.6 Å². The largest absolute Gasteiger partial charge is 0.497 e. The zero-order valence-electron chi connectivity index (χ0n) is 13.2. The second kappa shape index (κ2) is 6.00. The third-order valence-corrected chi connectivity index (χ3v) is 3.42. The second-order valence-electron chi connectivity index (χ2n) is 5.35. The molecule has 21 heavy (non-hydrogen) atoms.